The van der Waals surface area contributed by atoms with Crippen molar-refractivity contribution in [3.05, 3.63) is 41.2 Å². The predicted octanol–water partition coefficient (Wildman–Crippen LogP) is 3.54. The summed E-state index contributed by atoms with van der Waals surface area (Å²) in [5.74, 6) is 0.260. The first-order valence-electron chi connectivity index (χ1n) is 7.55. The number of aromatic amines is 1. The number of carbonyl (C=O) groups excluding carboxylic acids is 1. The van der Waals surface area contributed by atoms with Crippen LogP contribution in [0, 0.1) is 0 Å². The summed E-state index contributed by atoms with van der Waals surface area (Å²) in [6, 6.07) is 7.07. The molecule has 0 unspecified atom stereocenters. The molecule has 116 valence electrons. The van der Waals surface area contributed by atoms with Crippen LogP contribution in [0.4, 0.5) is 5.69 Å². The molecule has 5 nitrogen and oxygen atoms in total. The standard InChI is InChI=1S/C17H21N3O2/c1-17(2,3)11-6-7-15(21)13(8-11)18-16(22)14-9-12(19-20-14)10-4-5-10/h6-10,21H,4-5H2,1-3H3,(H,18,22)(H,19,20). The van der Waals surface area contributed by atoms with E-state index < -0.39 is 0 Å². The molecule has 5 heteroatoms. The largest absolute Gasteiger partial charge is 0.506 e. The van der Waals surface area contributed by atoms with Gasteiger partial charge in [0.2, 0.25) is 0 Å². The van der Waals surface area contributed by atoms with Gasteiger partial charge in [0, 0.05) is 11.6 Å². The van der Waals surface area contributed by atoms with Gasteiger partial charge >= 0.3 is 0 Å². The number of hydrogen-bond donors (Lipinski definition) is 3. The number of rotatable bonds is 3. The third kappa shape index (κ3) is 2.98. The maximum Gasteiger partial charge on any atom is 0.276 e. The maximum absolute atomic E-state index is 12.3. The minimum atomic E-state index is -0.315. The van der Waals surface area contributed by atoms with Crippen LogP contribution in [0.3, 0.4) is 0 Å². The molecule has 0 bridgehead atoms. The van der Waals surface area contributed by atoms with Crippen LogP contribution in [0.5, 0.6) is 5.75 Å². The number of nitrogens with one attached hydrogen (secondary N) is 2. The zero-order chi connectivity index (χ0) is 15.9. The van der Waals surface area contributed by atoms with Crippen LogP contribution in [0.1, 0.15) is 61.3 Å². The van der Waals surface area contributed by atoms with E-state index >= 15 is 0 Å². The maximum atomic E-state index is 12.3. The van der Waals surface area contributed by atoms with Crippen molar-refractivity contribution in [3.8, 4) is 5.75 Å². The van der Waals surface area contributed by atoms with E-state index in [1.165, 1.54) is 0 Å². The molecule has 1 heterocycles. The van der Waals surface area contributed by atoms with Crippen LogP contribution in [0.25, 0.3) is 0 Å². The highest BCUT2D eigenvalue weighted by molar-refractivity contribution is 6.03. The Morgan fingerprint density at radius 1 is 1.32 bits per heavy atom. The molecule has 1 amide bonds. The monoisotopic (exact) mass is 299 g/mol. The van der Waals surface area contributed by atoms with Gasteiger partial charge in [-0.1, -0.05) is 26.8 Å². The van der Waals surface area contributed by atoms with Crippen LogP contribution in [-0.2, 0) is 5.41 Å². The highest BCUT2D eigenvalue weighted by Gasteiger charge is 2.26. The van der Waals surface area contributed by atoms with Crippen molar-refractivity contribution in [2.45, 2.75) is 44.9 Å². The zero-order valence-electron chi connectivity index (χ0n) is 13.1. The number of aromatic hydroxyl groups is 1. The molecule has 0 spiro atoms. The average Bonchev–Trinajstić information content (AvgIpc) is 3.17. The molecule has 1 saturated carbocycles. The Balaban J connectivity index is 1.80. The second-order valence-corrected chi connectivity index (χ2v) is 6.92. The fraction of sp³-hybridized carbons (Fsp3) is 0.412. The molecule has 1 fully saturated rings. The van der Waals surface area contributed by atoms with E-state index in [4.69, 9.17) is 0 Å². The lowest BCUT2D eigenvalue weighted by atomic mass is 9.87. The molecule has 3 N–H and O–H groups in total. The lowest BCUT2D eigenvalue weighted by Gasteiger charge is -2.20. The lowest BCUT2D eigenvalue weighted by molar-refractivity contribution is 0.102. The second-order valence-electron chi connectivity index (χ2n) is 6.92. The molecule has 1 aromatic heterocycles. The third-order valence-corrected chi connectivity index (χ3v) is 3.96. The number of phenolic OH excluding ortho intramolecular Hbond substituents is 1. The quantitative estimate of drug-likeness (QED) is 0.758. The Morgan fingerprint density at radius 2 is 2.05 bits per heavy atom. The van der Waals surface area contributed by atoms with Gasteiger partial charge < -0.3 is 10.4 Å². The fourth-order valence-electron chi connectivity index (χ4n) is 2.35. The number of benzene rings is 1. The van der Waals surface area contributed by atoms with Crippen molar-refractivity contribution in [1.82, 2.24) is 10.2 Å². The average molecular weight is 299 g/mol. The van der Waals surface area contributed by atoms with E-state index in [-0.39, 0.29) is 17.1 Å². The van der Waals surface area contributed by atoms with Crippen molar-refractivity contribution >= 4 is 11.6 Å². The molecule has 0 radical (unpaired) electrons. The summed E-state index contributed by atoms with van der Waals surface area (Å²) in [6.07, 6.45) is 2.30. The number of aromatic nitrogens is 2. The molecule has 0 saturated heterocycles. The number of phenols is 1. The second kappa shape index (κ2) is 5.16. The van der Waals surface area contributed by atoms with Crippen LogP contribution >= 0.6 is 0 Å². The molecule has 2 aromatic rings. The van der Waals surface area contributed by atoms with Gasteiger partial charge in [0.15, 0.2) is 5.69 Å². The number of amides is 1. The Hall–Kier alpha value is -2.30. The van der Waals surface area contributed by atoms with Gasteiger partial charge in [-0.25, -0.2) is 0 Å². The lowest BCUT2D eigenvalue weighted by Crippen LogP contribution is -2.15. The summed E-state index contributed by atoms with van der Waals surface area (Å²) in [5, 5.41) is 19.7. The molecular weight excluding hydrogens is 278 g/mol. The fourth-order valence-corrected chi connectivity index (χ4v) is 2.35. The molecule has 0 aliphatic heterocycles. The van der Waals surface area contributed by atoms with E-state index in [2.05, 4.69) is 36.3 Å². The van der Waals surface area contributed by atoms with Crippen molar-refractivity contribution < 1.29 is 9.90 Å². The molecular formula is C17H21N3O2. The molecule has 1 aromatic carbocycles. The molecule has 22 heavy (non-hydrogen) atoms. The first-order valence-corrected chi connectivity index (χ1v) is 7.55. The summed E-state index contributed by atoms with van der Waals surface area (Å²) >= 11 is 0. The van der Waals surface area contributed by atoms with E-state index in [9.17, 15) is 9.90 Å². The Kier molecular flexibility index (Phi) is 3.43. The number of H-pyrrole nitrogens is 1. The van der Waals surface area contributed by atoms with Gasteiger partial charge in [-0.05, 0) is 42.0 Å². The van der Waals surface area contributed by atoms with E-state index in [0.717, 1.165) is 24.1 Å². The molecule has 3 rings (SSSR count). The minimum Gasteiger partial charge on any atom is -0.506 e. The molecule has 1 aliphatic carbocycles. The predicted molar refractivity (Wildman–Crippen MR) is 85.3 cm³/mol. The normalized spacial score (nSPS) is 14.9. The number of hydrogen-bond acceptors (Lipinski definition) is 3. The summed E-state index contributed by atoms with van der Waals surface area (Å²) in [6.45, 7) is 6.25. The van der Waals surface area contributed by atoms with Crippen LogP contribution < -0.4 is 5.32 Å². The van der Waals surface area contributed by atoms with Crippen molar-refractivity contribution in [1.29, 1.82) is 0 Å². The van der Waals surface area contributed by atoms with Gasteiger partial charge in [-0.2, -0.15) is 5.10 Å². The smallest absolute Gasteiger partial charge is 0.276 e. The van der Waals surface area contributed by atoms with Crippen molar-refractivity contribution in [3.63, 3.8) is 0 Å². The Bertz CT molecular complexity index is 709. The third-order valence-electron chi connectivity index (χ3n) is 3.96. The number of nitrogens with zero attached hydrogens (tertiary/aromatic N) is 1. The summed E-state index contributed by atoms with van der Waals surface area (Å²) in [7, 11) is 0. The first-order chi connectivity index (χ1) is 10.3. The summed E-state index contributed by atoms with van der Waals surface area (Å²) in [4.78, 5) is 12.3. The Labute approximate surface area is 129 Å². The van der Waals surface area contributed by atoms with Crippen molar-refractivity contribution in [2.75, 3.05) is 5.32 Å². The SMILES string of the molecule is CC(C)(C)c1ccc(O)c(NC(=O)c2cc(C3CC3)[nH]n2)c1. The van der Waals surface area contributed by atoms with Crippen LogP contribution in [-0.4, -0.2) is 21.2 Å². The van der Waals surface area contributed by atoms with Gasteiger partial charge in [0.05, 0.1) is 5.69 Å². The molecule has 1 aliphatic rings. The van der Waals surface area contributed by atoms with E-state index in [1.807, 2.05) is 12.1 Å². The van der Waals surface area contributed by atoms with Gasteiger partial charge in [0.25, 0.3) is 5.91 Å². The minimum absolute atomic E-state index is 0.0549. The van der Waals surface area contributed by atoms with Gasteiger partial charge in [-0.15, -0.1) is 0 Å². The Morgan fingerprint density at radius 3 is 2.68 bits per heavy atom. The highest BCUT2D eigenvalue weighted by Crippen LogP contribution is 2.39. The van der Waals surface area contributed by atoms with Crippen molar-refractivity contribution in [2.24, 2.45) is 0 Å². The topological polar surface area (TPSA) is 78.0 Å². The summed E-state index contributed by atoms with van der Waals surface area (Å²) in [5.41, 5.74) is 2.76. The van der Waals surface area contributed by atoms with E-state index in [0.29, 0.717) is 17.3 Å². The van der Waals surface area contributed by atoms with E-state index in [1.54, 1.807) is 12.1 Å². The number of anilines is 1. The van der Waals surface area contributed by atoms with Crippen LogP contribution in [0.2, 0.25) is 0 Å². The highest BCUT2D eigenvalue weighted by atomic mass is 16.3. The first kappa shape index (κ1) is 14.6. The number of carbonyl (C=O) groups is 1. The summed E-state index contributed by atoms with van der Waals surface area (Å²) < 4.78 is 0. The molecule has 0 atom stereocenters. The van der Waals surface area contributed by atoms with Crippen LogP contribution in [0.15, 0.2) is 24.3 Å². The van der Waals surface area contributed by atoms with Gasteiger partial charge in [0.1, 0.15) is 5.75 Å². The zero-order valence-corrected chi connectivity index (χ0v) is 13.1. The van der Waals surface area contributed by atoms with Gasteiger partial charge in [-0.3, -0.25) is 9.89 Å².